The van der Waals surface area contributed by atoms with Gasteiger partial charge in [0.25, 0.3) is 11.1 Å². The monoisotopic (exact) mass is 401 g/mol. The molecule has 2 aromatic carbocycles. The SMILES string of the molecule is Cc1cc(=O)[nH]c(-c2cccc(NC(=O)Cn3c(C)nc4ccccc4c3=O)c2)n1. The first-order valence-corrected chi connectivity index (χ1v) is 9.35. The van der Waals surface area contributed by atoms with Gasteiger partial charge in [0.05, 0.1) is 10.9 Å². The summed E-state index contributed by atoms with van der Waals surface area (Å²) in [5.74, 6) is 0.520. The molecule has 0 radical (unpaired) electrons. The van der Waals surface area contributed by atoms with E-state index in [1.54, 1.807) is 56.3 Å². The van der Waals surface area contributed by atoms with E-state index in [0.29, 0.717) is 39.5 Å². The summed E-state index contributed by atoms with van der Waals surface area (Å²) >= 11 is 0. The molecule has 0 aliphatic carbocycles. The summed E-state index contributed by atoms with van der Waals surface area (Å²) in [6.45, 7) is 3.27. The number of aryl methyl sites for hydroxylation is 2. The summed E-state index contributed by atoms with van der Waals surface area (Å²) in [4.78, 5) is 48.5. The lowest BCUT2D eigenvalue weighted by atomic mass is 10.2. The van der Waals surface area contributed by atoms with Crippen molar-refractivity contribution in [2.45, 2.75) is 20.4 Å². The molecule has 8 heteroatoms. The zero-order chi connectivity index (χ0) is 21.3. The van der Waals surface area contributed by atoms with Gasteiger partial charge in [-0.2, -0.15) is 0 Å². The fourth-order valence-corrected chi connectivity index (χ4v) is 3.27. The lowest BCUT2D eigenvalue weighted by Crippen LogP contribution is -2.30. The standard InChI is InChI=1S/C22H19N5O3/c1-13-10-19(28)26-21(23-13)15-6-5-7-16(11-15)25-20(29)12-27-14(2)24-18-9-4-3-8-17(18)22(27)30/h3-11H,12H2,1-2H3,(H,25,29)(H,23,26,28). The Morgan fingerprint density at radius 1 is 1.03 bits per heavy atom. The summed E-state index contributed by atoms with van der Waals surface area (Å²) in [5, 5.41) is 3.25. The molecule has 2 N–H and O–H groups in total. The Morgan fingerprint density at radius 3 is 2.63 bits per heavy atom. The van der Waals surface area contributed by atoms with Gasteiger partial charge in [-0.05, 0) is 38.1 Å². The van der Waals surface area contributed by atoms with Crippen molar-refractivity contribution in [1.82, 2.24) is 19.5 Å². The van der Waals surface area contributed by atoms with Gasteiger partial charge >= 0.3 is 0 Å². The van der Waals surface area contributed by atoms with E-state index in [9.17, 15) is 14.4 Å². The number of amides is 1. The van der Waals surface area contributed by atoms with Gasteiger partial charge in [-0.25, -0.2) is 9.97 Å². The second-order valence-corrected chi connectivity index (χ2v) is 6.93. The molecule has 0 bridgehead atoms. The number of hydrogen-bond acceptors (Lipinski definition) is 5. The zero-order valence-corrected chi connectivity index (χ0v) is 16.5. The van der Waals surface area contributed by atoms with Crippen LogP contribution in [0.1, 0.15) is 11.5 Å². The second-order valence-electron chi connectivity index (χ2n) is 6.93. The van der Waals surface area contributed by atoms with Crippen LogP contribution in [0.3, 0.4) is 0 Å². The van der Waals surface area contributed by atoms with Crippen LogP contribution in [0.4, 0.5) is 5.69 Å². The number of nitrogens with zero attached hydrogens (tertiary/aromatic N) is 3. The molecule has 0 atom stereocenters. The number of aromatic nitrogens is 4. The van der Waals surface area contributed by atoms with E-state index in [0.717, 1.165) is 0 Å². The molecule has 0 fully saturated rings. The lowest BCUT2D eigenvalue weighted by molar-refractivity contribution is -0.116. The van der Waals surface area contributed by atoms with Crippen molar-refractivity contribution in [3.63, 3.8) is 0 Å². The molecule has 0 spiro atoms. The molecular formula is C22H19N5O3. The van der Waals surface area contributed by atoms with Crippen LogP contribution in [0.2, 0.25) is 0 Å². The topological polar surface area (TPSA) is 110 Å². The number of rotatable bonds is 4. The van der Waals surface area contributed by atoms with E-state index in [2.05, 4.69) is 20.3 Å². The van der Waals surface area contributed by atoms with Gasteiger partial charge in [0, 0.05) is 23.0 Å². The third-order valence-electron chi connectivity index (χ3n) is 4.64. The number of H-pyrrole nitrogens is 1. The molecule has 4 aromatic rings. The summed E-state index contributed by atoms with van der Waals surface area (Å²) in [6, 6.07) is 15.4. The number of anilines is 1. The maximum absolute atomic E-state index is 12.7. The van der Waals surface area contributed by atoms with Crippen LogP contribution >= 0.6 is 0 Å². The van der Waals surface area contributed by atoms with Crippen LogP contribution in [-0.4, -0.2) is 25.4 Å². The number of nitrogens with one attached hydrogen (secondary N) is 2. The van der Waals surface area contributed by atoms with E-state index in [-0.39, 0.29) is 23.6 Å². The largest absolute Gasteiger partial charge is 0.325 e. The molecule has 2 aromatic heterocycles. The normalized spacial score (nSPS) is 10.9. The first-order valence-electron chi connectivity index (χ1n) is 9.35. The van der Waals surface area contributed by atoms with Crippen LogP contribution in [-0.2, 0) is 11.3 Å². The minimum Gasteiger partial charge on any atom is -0.325 e. The Kier molecular flexibility index (Phi) is 4.97. The smallest absolute Gasteiger partial charge is 0.261 e. The van der Waals surface area contributed by atoms with Crippen molar-refractivity contribution in [2.75, 3.05) is 5.32 Å². The summed E-state index contributed by atoms with van der Waals surface area (Å²) in [7, 11) is 0. The molecule has 2 heterocycles. The number of aromatic amines is 1. The van der Waals surface area contributed by atoms with E-state index < -0.39 is 0 Å². The Labute approximate surface area is 171 Å². The van der Waals surface area contributed by atoms with Gasteiger partial charge in [-0.1, -0.05) is 24.3 Å². The molecular weight excluding hydrogens is 382 g/mol. The predicted molar refractivity (Wildman–Crippen MR) is 114 cm³/mol. The minimum atomic E-state index is -0.361. The van der Waals surface area contributed by atoms with Crippen LogP contribution in [0, 0.1) is 13.8 Å². The highest BCUT2D eigenvalue weighted by Crippen LogP contribution is 2.19. The van der Waals surface area contributed by atoms with Crippen LogP contribution in [0.15, 0.2) is 64.2 Å². The van der Waals surface area contributed by atoms with E-state index in [4.69, 9.17) is 0 Å². The molecule has 0 aliphatic rings. The van der Waals surface area contributed by atoms with Crippen molar-refractivity contribution in [3.05, 3.63) is 86.8 Å². The summed E-state index contributed by atoms with van der Waals surface area (Å²) < 4.78 is 1.35. The third kappa shape index (κ3) is 3.88. The van der Waals surface area contributed by atoms with E-state index in [1.807, 2.05) is 6.07 Å². The third-order valence-corrected chi connectivity index (χ3v) is 4.64. The number of benzene rings is 2. The molecule has 0 saturated carbocycles. The molecule has 30 heavy (non-hydrogen) atoms. The Morgan fingerprint density at radius 2 is 1.83 bits per heavy atom. The molecule has 1 amide bonds. The molecule has 4 rings (SSSR count). The van der Waals surface area contributed by atoms with Gasteiger partial charge in [0.15, 0.2) is 0 Å². The number of hydrogen-bond donors (Lipinski definition) is 2. The number of carbonyl (C=O) groups is 1. The van der Waals surface area contributed by atoms with Gasteiger partial charge in [-0.15, -0.1) is 0 Å². The van der Waals surface area contributed by atoms with Gasteiger partial charge < -0.3 is 10.3 Å². The fraction of sp³-hybridized carbons (Fsp3) is 0.136. The predicted octanol–water partition coefficient (Wildman–Crippen LogP) is 2.40. The first-order chi connectivity index (χ1) is 14.4. The summed E-state index contributed by atoms with van der Waals surface area (Å²) in [5.41, 5.74) is 1.88. The highest BCUT2D eigenvalue weighted by Gasteiger charge is 2.12. The molecule has 8 nitrogen and oxygen atoms in total. The molecule has 0 saturated heterocycles. The van der Waals surface area contributed by atoms with E-state index in [1.165, 1.54) is 10.6 Å². The van der Waals surface area contributed by atoms with Gasteiger partial charge in [0.2, 0.25) is 5.91 Å². The average molecular weight is 401 g/mol. The lowest BCUT2D eigenvalue weighted by Gasteiger charge is -2.12. The van der Waals surface area contributed by atoms with Crippen molar-refractivity contribution in [3.8, 4) is 11.4 Å². The molecule has 0 aliphatic heterocycles. The summed E-state index contributed by atoms with van der Waals surface area (Å²) in [6.07, 6.45) is 0. The van der Waals surface area contributed by atoms with Crippen molar-refractivity contribution in [1.29, 1.82) is 0 Å². The van der Waals surface area contributed by atoms with Gasteiger partial charge in [0.1, 0.15) is 18.2 Å². The highest BCUT2D eigenvalue weighted by molar-refractivity contribution is 5.91. The maximum atomic E-state index is 12.7. The first kappa shape index (κ1) is 19.3. The van der Waals surface area contributed by atoms with Gasteiger partial charge in [-0.3, -0.25) is 19.0 Å². The molecule has 0 unspecified atom stereocenters. The van der Waals surface area contributed by atoms with Crippen LogP contribution < -0.4 is 16.4 Å². The van der Waals surface area contributed by atoms with Crippen molar-refractivity contribution >= 4 is 22.5 Å². The Balaban J connectivity index is 1.59. The Bertz CT molecular complexity index is 1390. The fourth-order valence-electron chi connectivity index (χ4n) is 3.27. The maximum Gasteiger partial charge on any atom is 0.261 e. The molecule has 150 valence electrons. The van der Waals surface area contributed by atoms with E-state index >= 15 is 0 Å². The number of para-hydroxylation sites is 1. The Hall–Kier alpha value is -4.07. The average Bonchev–Trinajstić information content (AvgIpc) is 2.70. The zero-order valence-electron chi connectivity index (χ0n) is 16.5. The highest BCUT2D eigenvalue weighted by atomic mass is 16.2. The van der Waals surface area contributed by atoms with Crippen LogP contribution in [0.5, 0.6) is 0 Å². The number of fused-ring (bicyclic) bond motifs is 1. The quantitative estimate of drug-likeness (QED) is 0.546. The van der Waals surface area contributed by atoms with Crippen molar-refractivity contribution in [2.24, 2.45) is 0 Å². The second kappa shape index (κ2) is 7.75. The van der Waals surface area contributed by atoms with Crippen molar-refractivity contribution < 1.29 is 4.79 Å². The number of carbonyl (C=O) groups excluding carboxylic acids is 1. The minimum absolute atomic E-state index is 0.160. The van der Waals surface area contributed by atoms with Crippen LogP contribution in [0.25, 0.3) is 22.3 Å².